The zero-order valence-corrected chi connectivity index (χ0v) is 19.5. The molecule has 3 rings (SSSR count). The van der Waals surface area contributed by atoms with Gasteiger partial charge in [0, 0.05) is 37.1 Å². The second kappa shape index (κ2) is 10.4. The van der Waals surface area contributed by atoms with Crippen LogP contribution < -0.4 is 10.6 Å². The summed E-state index contributed by atoms with van der Waals surface area (Å²) in [5, 5.41) is 5.76. The smallest absolute Gasteiger partial charge is 0.334 e. The lowest BCUT2D eigenvalue weighted by atomic mass is 9.91. The van der Waals surface area contributed by atoms with Crippen molar-refractivity contribution in [2.24, 2.45) is 5.92 Å². The van der Waals surface area contributed by atoms with Gasteiger partial charge in [-0.25, -0.2) is 9.78 Å². The minimum atomic E-state index is -0.281. The van der Waals surface area contributed by atoms with E-state index in [0.29, 0.717) is 43.1 Å². The molecule has 1 heterocycles. The molecule has 1 aromatic carbocycles. The van der Waals surface area contributed by atoms with Gasteiger partial charge in [0.05, 0.1) is 6.61 Å². The topological polar surface area (TPSA) is 85.2 Å². The third-order valence-corrected chi connectivity index (χ3v) is 5.59. The maximum Gasteiger partial charge on any atom is 0.334 e. The van der Waals surface area contributed by atoms with Gasteiger partial charge in [0.25, 0.3) is 5.91 Å². The fourth-order valence-electron chi connectivity index (χ4n) is 3.66. The van der Waals surface area contributed by atoms with Gasteiger partial charge < -0.3 is 19.9 Å². The molecule has 2 N–H and O–H groups in total. The summed E-state index contributed by atoms with van der Waals surface area (Å²) in [4.78, 5) is 29.6. The third-order valence-electron chi connectivity index (χ3n) is 5.10. The monoisotopic (exact) mass is 486 g/mol. The fraction of sp³-hybridized carbons (Fsp3) is 0.348. The first-order valence-corrected chi connectivity index (χ1v) is 11.0. The molecule has 1 amide bonds. The van der Waals surface area contributed by atoms with E-state index in [1.54, 1.807) is 27.1 Å². The molecule has 8 heteroatoms. The number of aromatic nitrogens is 2. The Balaban J connectivity index is 1.93. The molecule has 0 radical (unpaired) electrons. The number of ether oxygens (including phenoxy) is 1. The standard InChI is InChI=1S/C23H27BrN4O3/c1-4-31-23(30)17-9-5-7-15(11-17)13-19-27-21(25-2)20(22(29)26-3)28(19)14-16-8-6-10-18(24)12-16/h5-10,12,15,25H,4,11,13-14H2,1-3H3,(H,26,29). The van der Waals surface area contributed by atoms with Crippen LogP contribution in [-0.4, -0.2) is 42.1 Å². The van der Waals surface area contributed by atoms with Gasteiger partial charge >= 0.3 is 5.97 Å². The minimum absolute atomic E-state index is 0.0790. The number of halogens is 1. The quantitative estimate of drug-likeness (QED) is 0.555. The third kappa shape index (κ3) is 5.44. The van der Waals surface area contributed by atoms with Crippen molar-refractivity contribution in [2.45, 2.75) is 26.3 Å². The molecule has 1 unspecified atom stereocenters. The van der Waals surface area contributed by atoms with E-state index < -0.39 is 0 Å². The van der Waals surface area contributed by atoms with E-state index in [0.717, 1.165) is 15.9 Å². The highest BCUT2D eigenvalue weighted by Gasteiger charge is 2.25. The van der Waals surface area contributed by atoms with Crippen LogP contribution in [0.4, 0.5) is 5.82 Å². The van der Waals surface area contributed by atoms with Gasteiger partial charge in [0.2, 0.25) is 0 Å². The largest absolute Gasteiger partial charge is 0.463 e. The number of esters is 1. The number of anilines is 1. The molecule has 1 aliphatic rings. The number of nitrogens with zero attached hydrogens (tertiary/aromatic N) is 2. The van der Waals surface area contributed by atoms with Crippen molar-refractivity contribution in [3.63, 3.8) is 0 Å². The van der Waals surface area contributed by atoms with E-state index in [2.05, 4.69) is 32.6 Å². The van der Waals surface area contributed by atoms with Crippen molar-refractivity contribution in [2.75, 3.05) is 26.0 Å². The van der Waals surface area contributed by atoms with Crippen LogP contribution in [0.3, 0.4) is 0 Å². The molecule has 1 aromatic heterocycles. The van der Waals surface area contributed by atoms with Gasteiger partial charge in [-0.2, -0.15) is 0 Å². The minimum Gasteiger partial charge on any atom is -0.463 e. The molecule has 2 aromatic rings. The molecule has 0 fully saturated rings. The molecule has 0 spiro atoms. The Morgan fingerprint density at radius 3 is 2.81 bits per heavy atom. The Kier molecular flexibility index (Phi) is 7.68. The Morgan fingerprint density at radius 1 is 1.32 bits per heavy atom. The highest BCUT2D eigenvalue weighted by Crippen LogP contribution is 2.27. The summed E-state index contributed by atoms with van der Waals surface area (Å²) in [5.74, 6) is 0.906. The molecular weight excluding hydrogens is 460 g/mol. The van der Waals surface area contributed by atoms with Gasteiger partial charge in [-0.15, -0.1) is 0 Å². The molecular formula is C23H27BrN4O3. The molecule has 7 nitrogen and oxygen atoms in total. The number of hydrogen-bond acceptors (Lipinski definition) is 5. The SMILES string of the molecule is CCOC(=O)C1=CC=CC(Cc2nc(NC)c(C(=O)NC)n2Cc2cccc(Br)c2)C1. The van der Waals surface area contributed by atoms with Crippen LogP contribution in [0.5, 0.6) is 0 Å². The summed E-state index contributed by atoms with van der Waals surface area (Å²) in [6, 6.07) is 7.98. The Bertz CT molecular complexity index is 1030. The van der Waals surface area contributed by atoms with Crippen molar-refractivity contribution < 1.29 is 14.3 Å². The van der Waals surface area contributed by atoms with E-state index in [1.807, 2.05) is 34.9 Å². The molecule has 1 atom stereocenters. The maximum atomic E-state index is 12.7. The van der Waals surface area contributed by atoms with Crippen molar-refractivity contribution in [3.05, 3.63) is 69.6 Å². The first-order valence-electron chi connectivity index (χ1n) is 10.2. The highest BCUT2D eigenvalue weighted by molar-refractivity contribution is 9.10. The molecule has 1 aliphatic carbocycles. The predicted octanol–water partition coefficient (Wildman–Crippen LogP) is 3.70. The lowest BCUT2D eigenvalue weighted by Crippen LogP contribution is -2.24. The number of carbonyl (C=O) groups excluding carboxylic acids is 2. The van der Waals surface area contributed by atoms with Crippen LogP contribution >= 0.6 is 15.9 Å². The number of allylic oxidation sites excluding steroid dienone is 3. The summed E-state index contributed by atoms with van der Waals surface area (Å²) in [5.41, 5.74) is 2.19. The van der Waals surface area contributed by atoms with Crippen LogP contribution in [0.15, 0.2) is 52.5 Å². The summed E-state index contributed by atoms with van der Waals surface area (Å²) in [7, 11) is 3.36. The zero-order chi connectivity index (χ0) is 22.4. The van der Waals surface area contributed by atoms with Crippen LogP contribution in [0, 0.1) is 5.92 Å². The van der Waals surface area contributed by atoms with E-state index >= 15 is 0 Å². The zero-order valence-electron chi connectivity index (χ0n) is 17.9. The first kappa shape index (κ1) is 22.8. The lowest BCUT2D eigenvalue weighted by molar-refractivity contribution is -0.138. The second-order valence-corrected chi connectivity index (χ2v) is 8.15. The molecule has 0 saturated carbocycles. The Labute approximate surface area is 190 Å². The molecule has 164 valence electrons. The average Bonchev–Trinajstić information content (AvgIpc) is 3.10. The average molecular weight is 487 g/mol. The van der Waals surface area contributed by atoms with Gasteiger partial charge in [-0.3, -0.25) is 4.79 Å². The number of hydrogen-bond donors (Lipinski definition) is 2. The van der Waals surface area contributed by atoms with Crippen LogP contribution in [-0.2, 0) is 22.5 Å². The van der Waals surface area contributed by atoms with Crippen molar-refractivity contribution in [1.29, 1.82) is 0 Å². The van der Waals surface area contributed by atoms with Crippen LogP contribution in [0.1, 0.15) is 35.2 Å². The maximum absolute atomic E-state index is 12.7. The fourth-order valence-corrected chi connectivity index (χ4v) is 4.11. The predicted molar refractivity (Wildman–Crippen MR) is 124 cm³/mol. The van der Waals surface area contributed by atoms with E-state index in [-0.39, 0.29) is 17.8 Å². The van der Waals surface area contributed by atoms with E-state index in [4.69, 9.17) is 9.72 Å². The van der Waals surface area contributed by atoms with Gasteiger partial charge in [0.1, 0.15) is 5.82 Å². The summed E-state index contributed by atoms with van der Waals surface area (Å²) in [6.07, 6.45) is 6.92. The van der Waals surface area contributed by atoms with Gasteiger partial charge in [-0.05, 0) is 37.0 Å². The number of nitrogens with one attached hydrogen (secondary N) is 2. The number of carbonyl (C=O) groups is 2. The summed E-state index contributed by atoms with van der Waals surface area (Å²) < 4.78 is 8.07. The molecule has 0 saturated heterocycles. The van der Waals surface area contributed by atoms with Crippen molar-refractivity contribution >= 4 is 33.6 Å². The molecule has 31 heavy (non-hydrogen) atoms. The first-order chi connectivity index (χ1) is 15.0. The number of benzene rings is 1. The Hall–Kier alpha value is -2.87. The van der Waals surface area contributed by atoms with Crippen LogP contribution in [0.25, 0.3) is 0 Å². The molecule has 0 bridgehead atoms. The van der Waals surface area contributed by atoms with Gasteiger partial charge in [0.15, 0.2) is 11.5 Å². The normalized spacial score (nSPS) is 15.4. The number of amides is 1. The van der Waals surface area contributed by atoms with Crippen LogP contribution in [0.2, 0.25) is 0 Å². The highest BCUT2D eigenvalue weighted by atomic mass is 79.9. The van der Waals surface area contributed by atoms with Gasteiger partial charge in [-0.1, -0.05) is 46.3 Å². The summed E-state index contributed by atoms with van der Waals surface area (Å²) >= 11 is 3.51. The Morgan fingerprint density at radius 2 is 2.13 bits per heavy atom. The number of rotatable bonds is 8. The number of imidazole rings is 1. The summed E-state index contributed by atoms with van der Waals surface area (Å²) in [6.45, 7) is 2.65. The second-order valence-electron chi connectivity index (χ2n) is 7.24. The van der Waals surface area contributed by atoms with Crippen molar-refractivity contribution in [3.8, 4) is 0 Å². The van der Waals surface area contributed by atoms with Crippen molar-refractivity contribution in [1.82, 2.24) is 14.9 Å². The lowest BCUT2D eigenvalue weighted by Gasteiger charge is -2.19. The van der Waals surface area contributed by atoms with E-state index in [9.17, 15) is 9.59 Å². The van der Waals surface area contributed by atoms with E-state index in [1.165, 1.54) is 0 Å². The molecule has 0 aliphatic heterocycles.